The number of quaternary nitrogens is 1. The van der Waals surface area contributed by atoms with Crippen molar-refractivity contribution in [2.45, 2.75) is 58.8 Å². The van der Waals surface area contributed by atoms with E-state index in [1.54, 1.807) is 27.7 Å². The van der Waals surface area contributed by atoms with Crippen molar-refractivity contribution < 1.29 is 24.4 Å². The van der Waals surface area contributed by atoms with Crippen LogP contribution in [0.15, 0.2) is 0 Å². The van der Waals surface area contributed by atoms with Crippen molar-refractivity contribution in [3.63, 3.8) is 0 Å². The third-order valence-electron chi connectivity index (χ3n) is 2.86. The van der Waals surface area contributed by atoms with Gasteiger partial charge in [-0.3, -0.25) is 0 Å². The highest BCUT2D eigenvalue weighted by atomic mass is 16.6. The molecule has 1 fully saturated rings. The second-order valence-corrected chi connectivity index (χ2v) is 5.47. The van der Waals surface area contributed by atoms with Crippen LogP contribution in [0.2, 0.25) is 0 Å². The van der Waals surface area contributed by atoms with Gasteiger partial charge in [-0.25, -0.2) is 20.0 Å². The van der Waals surface area contributed by atoms with Gasteiger partial charge in [0.15, 0.2) is 0 Å². The van der Waals surface area contributed by atoms with Crippen molar-refractivity contribution in [3.05, 3.63) is 0 Å². The Hall–Kier alpha value is -1.50. The predicted molar refractivity (Wildman–Crippen MR) is 72.9 cm³/mol. The molecule has 0 unspecified atom stereocenters. The second-order valence-electron chi connectivity index (χ2n) is 5.47. The quantitative estimate of drug-likeness (QED) is 0.745. The number of ether oxygens (including phenoxy) is 2. The Kier molecular flexibility index (Phi) is 6.57. The zero-order valence-electron chi connectivity index (χ0n) is 12.7. The molecule has 0 aromatic carbocycles. The first-order valence-electron chi connectivity index (χ1n) is 7.19. The molecule has 1 aliphatic heterocycles. The molecule has 20 heavy (non-hydrogen) atoms. The summed E-state index contributed by atoms with van der Waals surface area (Å²) in [4.78, 5) is 23.8. The Labute approximate surface area is 119 Å². The Morgan fingerprint density at radius 3 is 2.15 bits per heavy atom. The van der Waals surface area contributed by atoms with Gasteiger partial charge in [0.2, 0.25) is 0 Å². The van der Waals surface area contributed by atoms with E-state index >= 15 is 0 Å². The van der Waals surface area contributed by atoms with Crippen LogP contribution in [0.3, 0.4) is 0 Å². The number of piperidine rings is 1. The number of rotatable bonds is 3. The highest BCUT2D eigenvalue weighted by Gasteiger charge is 2.30. The van der Waals surface area contributed by atoms with Crippen LogP contribution in [-0.4, -0.2) is 48.5 Å². The van der Waals surface area contributed by atoms with E-state index in [9.17, 15) is 9.59 Å². The molecular formula is C13H26N3O4+. The number of hydrogen-bond acceptors (Lipinski definition) is 4. The standard InChI is InChI=1S/C13H25N3O4/c1-9(2)19-12(17)15-16(13(18)20-10(3)4)11-5-7-14-8-6-11/h9-11,14H,5-8H2,1-4H3,(H,15,17)/p+1. The fraction of sp³-hybridized carbons (Fsp3) is 0.846. The summed E-state index contributed by atoms with van der Waals surface area (Å²) in [5.41, 5.74) is 2.51. The maximum Gasteiger partial charge on any atom is 0.429 e. The molecule has 0 aliphatic carbocycles. The third-order valence-corrected chi connectivity index (χ3v) is 2.86. The van der Waals surface area contributed by atoms with E-state index in [0.29, 0.717) is 0 Å². The molecule has 0 saturated carbocycles. The van der Waals surface area contributed by atoms with Gasteiger partial charge in [0.1, 0.15) is 0 Å². The van der Waals surface area contributed by atoms with Gasteiger partial charge in [0.25, 0.3) is 0 Å². The van der Waals surface area contributed by atoms with Gasteiger partial charge < -0.3 is 14.8 Å². The van der Waals surface area contributed by atoms with Crippen LogP contribution in [0.25, 0.3) is 0 Å². The number of hydrogen-bond donors (Lipinski definition) is 2. The average molecular weight is 288 g/mol. The molecule has 1 heterocycles. The first kappa shape index (κ1) is 16.6. The lowest BCUT2D eigenvalue weighted by Crippen LogP contribution is -2.87. The summed E-state index contributed by atoms with van der Waals surface area (Å²) < 4.78 is 10.2. The van der Waals surface area contributed by atoms with Crippen molar-refractivity contribution in [1.82, 2.24) is 10.4 Å². The SMILES string of the molecule is CC(C)OC(=O)NN(C(=O)OC(C)C)C1CC[NH2+]CC1. The minimum Gasteiger partial charge on any atom is -0.446 e. The first-order chi connectivity index (χ1) is 9.40. The number of amides is 2. The van der Waals surface area contributed by atoms with E-state index in [0.717, 1.165) is 25.9 Å². The molecule has 3 N–H and O–H groups in total. The van der Waals surface area contributed by atoms with Gasteiger partial charge in [-0.15, -0.1) is 0 Å². The summed E-state index contributed by atoms with van der Waals surface area (Å²) in [6.07, 6.45) is -0.00629. The topological polar surface area (TPSA) is 84.5 Å². The molecule has 0 bridgehead atoms. The van der Waals surface area contributed by atoms with Crippen LogP contribution in [-0.2, 0) is 9.47 Å². The van der Waals surface area contributed by atoms with Crippen LogP contribution < -0.4 is 10.7 Å². The molecule has 7 nitrogen and oxygen atoms in total. The third kappa shape index (κ3) is 5.64. The predicted octanol–water partition coefficient (Wildman–Crippen LogP) is 0.609. The number of hydrazine groups is 1. The van der Waals surface area contributed by atoms with Crippen molar-refractivity contribution in [2.75, 3.05) is 13.1 Å². The average Bonchev–Trinajstić information content (AvgIpc) is 2.35. The molecule has 7 heteroatoms. The molecule has 0 spiro atoms. The molecule has 0 radical (unpaired) electrons. The second kappa shape index (κ2) is 7.94. The van der Waals surface area contributed by atoms with E-state index in [1.165, 1.54) is 5.01 Å². The van der Waals surface area contributed by atoms with E-state index in [-0.39, 0.29) is 18.2 Å². The molecule has 1 rings (SSSR count). The fourth-order valence-electron chi connectivity index (χ4n) is 2.05. The first-order valence-corrected chi connectivity index (χ1v) is 7.19. The van der Waals surface area contributed by atoms with Crippen LogP contribution in [0, 0.1) is 0 Å². The van der Waals surface area contributed by atoms with Gasteiger partial charge >= 0.3 is 12.2 Å². The van der Waals surface area contributed by atoms with Crippen molar-refractivity contribution in [1.29, 1.82) is 0 Å². The van der Waals surface area contributed by atoms with Gasteiger partial charge in [-0.05, 0) is 27.7 Å². The smallest absolute Gasteiger partial charge is 0.429 e. The van der Waals surface area contributed by atoms with Crippen LogP contribution in [0.5, 0.6) is 0 Å². The minimum atomic E-state index is -0.629. The van der Waals surface area contributed by atoms with Crippen molar-refractivity contribution >= 4 is 12.2 Å². The zero-order valence-corrected chi connectivity index (χ0v) is 12.7. The van der Waals surface area contributed by atoms with Gasteiger partial charge in [0, 0.05) is 12.8 Å². The lowest BCUT2D eigenvalue weighted by Gasteiger charge is -2.32. The van der Waals surface area contributed by atoms with Crippen LogP contribution in [0.4, 0.5) is 9.59 Å². The molecule has 116 valence electrons. The van der Waals surface area contributed by atoms with E-state index in [4.69, 9.17) is 9.47 Å². The summed E-state index contributed by atoms with van der Waals surface area (Å²) >= 11 is 0. The Balaban J connectivity index is 2.67. The molecule has 1 aliphatic rings. The van der Waals surface area contributed by atoms with Crippen LogP contribution in [0.1, 0.15) is 40.5 Å². The van der Waals surface area contributed by atoms with Gasteiger partial charge in [0.05, 0.1) is 31.3 Å². The number of nitrogens with zero attached hydrogens (tertiary/aromatic N) is 1. The van der Waals surface area contributed by atoms with E-state index in [1.807, 2.05) is 0 Å². The van der Waals surface area contributed by atoms with Crippen molar-refractivity contribution in [2.24, 2.45) is 0 Å². The molecule has 0 atom stereocenters. The number of nitrogens with one attached hydrogen (secondary N) is 1. The van der Waals surface area contributed by atoms with Crippen molar-refractivity contribution in [3.8, 4) is 0 Å². The van der Waals surface area contributed by atoms with Crippen LogP contribution >= 0.6 is 0 Å². The lowest BCUT2D eigenvalue weighted by molar-refractivity contribution is -0.664. The number of carbonyl (C=O) groups is 2. The lowest BCUT2D eigenvalue weighted by atomic mass is 10.1. The Morgan fingerprint density at radius 2 is 1.65 bits per heavy atom. The molecule has 1 saturated heterocycles. The molecule has 0 aromatic rings. The Bertz CT molecular complexity index is 328. The molecular weight excluding hydrogens is 262 g/mol. The Morgan fingerprint density at radius 1 is 1.10 bits per heavy atom. The molecule has 0 aromatic heterocycles. The summed E-state index contributed by atoms with van der Waals surface area (Å²) in [7, 11) is 0. The monoisotopic (exact) mass is 288 g/mol. The summed E-state index contributed by atoms with van der Waals surface area (Å²) in [6, 6.07) is -0.0500. The summed E-state index contributed by atoms with van der Waals surface area (Å²) in [5.74, 6) is 0. The number of nitrogens with two attached hydrogens (primary N) is 1. The summed E-state index contributed by atoms with van der Waals surface area (Å²) in [6.45, 7) is 8.92. The maximum absolute atomic E-state index is 12.1. The highest BCUT2D eigenvalue weighted by Crippen LogP contribution is 2.10. The maximum atomic E-state index is 12.1. The van der Waals surface area contributed by atoms with Gasteiger partial charge in [-0.1, -0.05) is 0 Å². The fourth-order valence-corrected chi connectivity index (χ4v) is 2.05. The highest BCUT2D eigenvalue weighted by molar-refractivity contribution is 5.74. The zero-order chi connectivity index (χ0) is 15.1. The normalized spacial score (nSPS) is 16.1. The largest absolute Gasteiger partial charge is 0.446 e. The summed E-state index contributed by atoms with van der Waals surface area (Å²) in [5, 5.41) is 3.46. The molecule has 2 amide bonds. The minimum absolute atomic E-state index is 0.0500. The van der Waals surface area contributed by atoms with E-state index < -0.39 is 12.2 Å². The van der Waals surface area contributed by atoms with Gasteiger partial charge in [-0.2, -0.15) is 0 Å². The van der Waals surface area contributed by atoms with E-state index in [2.05, 4.69) is 10.7 Å². The number of carbonyl (C=O) groups excluding carboxylic acids is 2.